The smallest absolute Gasteiger partial charge is 0.0348 e. The van der Waals surface area contributed by atoms with E-state index in [2.05, 4.69) is 19.1 Å². The van der Waals surface area contributed by atoms with Gasteiger partial charge in [0.1, 0.15) is 0 Å². The molecule has 0 aromatic heterocycles. The minimum absolute atomic E-state index is 1.09. The first kappa shape index (κ1) is 17.5. The van der Waals surface area contributed by atoms with Crippen LogP contribution in [0.25, 0.3) is 0 Å². The molecule has 0 rings (SSSR count). The van der Waals surface area contributed by atoms with E-state index >= 15 is 0 Å². The predicted octanol–water partition coefficient (Wildman–Crippen LogP) is 6.62. The second kappa shape index (κ2) is 16.5. The van der Waals surface area contributed by atoms with Gasteiger partial charge >= 0.3 is 0 Å². The molecule has 0 nitrogen and oxygen atoms in total. The summed E-state index contributed by atoms with van der Waals surface area (Å²) in [6.45, 7) is 7.45. The normalized spacial score (nSPS) is 11.2. The molecule has 0 unspecified atom stereocenters. The number of hydrogen-bond donors (Lipinski definition) is 0. The summed E-state index contributed by atoms with van der Waals surface area (Å²) in [6, 6.07) is 0. The molecule has 0 saturated carbocycles. The van der Waals surface area contributed by atoms with E-state index in [0.29, 0.717) is 0 Å². The molecule has 0 saturated heterocycles. The summed E-state index contributed by atoms with van der Waals surface area (Å²) in [5.74, 6) is 0. The van der Waals surface area contributed by atoms with Crippen LogP contribution in [0.4, 0.5) is 0 Å². The van der Waals surface area contributed by atoms with Crippen LogP contribution in [0, 0.1) is 6.58 Å². The van der Waals surface area contributed by atoms with Crippen LogP contribution in [0.1, 0.15) is 90.4 Å². The maximum atomic E-state index is 5.35. The second-order valence-corrected chi connectivity index (χ2v) is 5.27. The Balaban J connectivity index is 2.92. The highest BCUT2D eigenvalue weighted by Gasteiger charge is 1.92. The van der Waals surface area contributed by atoms with E-state index < -0.39 is 0 Å². The van der Waals surface area contributed by atoms with Gasteiger partial charge in [-0.1, -0.05) is 82.6 Å². The number of allylic oxidation sites excluding steroid dienone is 3. The highest BCUT2D eigenvalue weighted by molar-refractivity contribution is 4.76. The van der Waals surface area contributed by atoms with Crippen molar-refractivity contribution in [2.24, 2.45) is 0 Å². The molecule has 0 heteroatoms. The fourth-order valence-electron chi connectivity index (χ4n) is 2.28. The summed E-state index contributed by atoms with van der Waals surface area (Å²) in [5.41, 5.74) is 0. The molecule has 0 N–H and O–H groups in total. The van der Waals surface area contributed by atoms with Gasteiger partial charge in [0.15, 0.2) is 0 Å². The summed E-state index contributed by atoms with van der Waals surface area (Å²) in [4.78, 5) is 0. The van der Waals surface area contributed by atoms with Crippen molar-refractivity contribution in [3.05, 3.63) is 24.8 Å². The molecule has 0 aliphatic heterocycles. The molecule has 0 heterocycles. The van der Waals surface area contributed by atoms with Crippen molar-refractivity contribution < 1.29 is 0 Å². The van der Waals surface area contributed by atoms with Gasteiger partial charge in [0.25, 0.3) is 0 Å². The topological polar surface area (TPSA) is 0 Å². The van der Waals surface area contributed by atoms with Crippen LogP contribution in [0.15, 0.2) is 18.2 Å². The Morgan fingerprint density at radius 2 is 1.00 bits per heavy atom. The van der Waals surface area contributed by atoms with E-state index in [0.717, 1.165) is 6.42 Å². The molecular formula is C18H33. The second-order valence-electron chi connectivity index (χ2n) is 5.27. The van der Waals surface area contributed by atoms with Gasteiger partial charge in [-0.2, -0.15) is 0 Å². The molecule has 0 aromatic carbocycles. The van der Waals surface area contributed by atoms with Crippen LogP contribution in [0.5, 0.6) is 0 Å². The SMILES string of the molecule is [CH]=CCCCCCCCCCCCCCC=CC. The van der Waals surface area contributed by atoms with Crippen molar-refractivity contribution in [3.8, 4) is 0 Å². The van der Waals surface area contributed by atoms with Crippen molar-refractivity contribution in [1.29, 1.82) is 0 Å². The molecule has 0 spiro atoms. The lowest BCUT2D eigenvalue weighted by Crippen LogP contribution is -1.82. The average molecular weight is 249 g/mol. The molecule has 18 heavy (non-hydrogen) atoms. The summed E-state index contributed by atoms with van der Waals surface area (Å²) in [7, 11) is 0. The van der Waals surface area contributed by atoms with Crippen LogP contribution in [-0.2, 0) is 0 Å². The van der Waals surface area contributed by atoms with Crippen LogP contribution >= 0.6 is 0 Å². The lowest BCUT2D eigenvalue weighted by molar-refractivity contribution is 0.547. The Hall–Kier alpha value is -0.520. The first-order valence-electron chi connectivity index (χ1n) is 8.06. The molecule has 0 amide bonds. The van der Waals surface area contributed by atoms with Gasteiger partial charge in [0, 0.05) is 0 Å². The van der Waals surface area contributed by atoms with Gasteiger partial charge in [-0.05, 0) is 32.6 Å². The Labute approximate surface area is 116 Å². The van der Waals surface area contributed by atoms with Gasteiger partial charge in [0.05, 0.1) is 0 Å². The maximum Gasteiger partial charge on any atom is -0.0348 e. The molecule has 0 aliphatic carbocycles. The lowest BCUT2D eigenvalue weighted by Gasteiger charge is -2.02. The van der Waals surface area contributed by atoms with E-state index in [1.807, 2.05) is 0 Å². The van der Waals surface area contributed by atoms with Gasteiger partial charge in [-0.15, -0.1) is 0 Å². The summed E-state index contributed by atoms with van der Waals surface area (Å²) in [6.07, 6.45) is 24.0. The molecule has 1 radical (unpaired) electrons. The van der Waals surface area contributed by atoms with Crippen molar-refractivity contribution in [2.75, 3.05) is 0 Å². The van der Waals surface area contributed by atoms with Crippen LogP contribution in [0.3, 0.4) is 0 Å². The third-order valence-electron chi connectivity index (χ3n) is 3.48. The number of rotatable bonds is 14. The molecule has 0 aliphatic rings. The van der Waals surface area contributed by atoms with Crippen LogP contribution in [0.2, 0.25) is 0 Å². The third kappa shape index (κ3) is 15.5. The first-order chi connectivity index (χ1) is 8.91. The van der Waals surface area contributed by atoms with E-state index in [9.17, 15) is 0 Å². The molecule has 0 fully saturated rings. The number of hydrogen-bond acceptors (Lipinski definition) is 0. The molecule has 105 valence electrons. The standard InChI is InChI=1S/C18H33/c1-3-5-7-9-11-13-15-17-18-16-14-12-10-8-6-4-2/h1,3-4,6H,5,7-18H2,2H3. The first-order valence-corrected chi connectivity index (χ1v) is 8.06. The molecule has 0 atom stereocenters. The van der Waals surface area contributed by atoms with Crippen molar-refractivity contribution >= 4 is 0 Å². The minimum Gasteiger partial charge on any atom is -0.0917 e. The lowest BCUT2D eigenvalue weighted by atomic mass is 10.0. The fraction of sp³-hybridized carbons (Fsp3) is 0.778. The summed E-state index contributed by atoms with van der Waals surface area (Å²) < 4.78 is 0. The number of unbranched alkanes of at least 4 members (excludes halogenated alkanes) is 12. The predicted molar refractivity (Wildman–Crippen MR) is 83.7 cm³/mol. The van der Waals surface area contributed by atoms with E-state index in [4.69, 9.17) is 6.58 Å². The zero-order chi connectivity index (χ0) is 13.3. The Morgan fingerprint density at radius 1 is 0.611 bits per heavy atom. The summed E-state index contributed by atoms with van der Waals surface area (Å²) in [5, 5.41) is 0. The largest absolute Gasteiger partial charge is 0.0917 e. The Kier molecular flexibility index (Phi) is 16.0. The quantitative estimate of drug-likeness (QED) is 0.239. The maximum absolute atomic E-state index is 5.35. The highest BCUT2D eigenvalue weighted by Crippen LogP contribution is 2.12. The Morgan fingerprint density at radius 3 is 1.39 bits per heavy atom. The van der Waals surface area contributed by atoms with Gasteiger partial charge in [-0.25, -0.2) is 0 Å². The van der Waals surface area contributed by atoms with Gasteiger partial charge < -0.3 is 0 Å². The zero-order valence-corrected chi connectivity index (χ0v) is 12.5. The summed E-state index contributed by atoms with van der Waals surface area (Å²) >= 11 is 0. The monoisotopic (exact) mass is 249 g/mol. The average Bonchev–Trinajstić information content (AvgIpc) is 2.39. The van der Waals surface area contributed by atoms with Gasteiger partial charge in [-0.3, -0.25) is 0 Å². The molecule has 0 bridgehead atoms. The zero-order valence-electron chi connectivity index (χ0n) is 12.5. The van der Waals surface area contributed by atoms with Crippen molar-refractivity contribution in [2.45, 2.75) is 90.4 Å². The van der Waals surface area contributed by atoms with Gasteiger partial charge in [0.2, 0.25) is 0 Å². The van der Waals surface area contributed by atoms with Crippen LogP contribution < -0.4 is 0 Å². The van der Waals surface area contributed by atoms with Crippen molar-refractivity contribution in [1.82, 2.24) is 0 Å². The molecule has 0 aromatic rings. The highest BCUT2D eigenvalue weighted by atomic mass is 14.0. The van der Waals surface area contributed by atoms with E-state index in [1.54, 1.807) is 6.08 Å². The minimum atomic E-state index is 1.09. The fourth-order valence-corrected chi connectivity index (χ4v) is 2.28. The van der Waals surface area contributed by atoms with E-state index in [-0.39, 0.29) is 0 Å². The third-order valence-corrected chi connectivity index (χ3v) is 3.48. The van der Waals surface area contributed by atoms with E-state index in [1.165, 1.54) is 77.0 Å². The molecular weight excluding hydrogens is 216 g/mol. The van der Waals surface area contributed by atoms with Crippen LogP contribution in [-0.4, -0.2) is 0 Å². The van der Waals surface area contributed by atoms with Crippen molar-refractivity contribution in [3.63, 3.8) is 0 Å². The Bertz CT molecular complexity index is 178.